The molecule has 5 nitrogen and oxygen atoms in total. The van der Waals surface area contributed by atoms with Crippen LogP contribution in [0.5, 0.6) is 0 Å². The Hall–Kier alpha value is -0.880. The number of nitrogens with one attached hydrogen (secondary N) is 2. The van der Waals surface area contributed by atoms with E-state index in [4.69, 9.17) is 0 Å². The first-order valence-electron chi connectivity index (χ1n) is 3.53. The summed E-state index contributed by atoms with van der Waals surface area (Å²) in [6.07, 6.45) is 2.92. The van der Waals surface area contributed by atoms with Gasteiger partial charge < -0.3 is 10.3 Å². The summed E-state index contributed by atoms with van der Waals surface area (Å²) in [6.45, 7) is 0.434. The molecule has 0 aromatic carbocycles. The quantitative estimate of drug-likeness (QED) is 0.663. The lowest BCUT2D eigenvalue weighted by Crippen LogP contribution is -2.20. The zero-order valence-corrected chi connectivity index (χ0v) is 7.56. The largest absolute Gasteiger partial charge is 0.336 e. The number of hydrogen-bond donors (Lipinski definition) is 2. The maximum atomic E-state index is 11.3. The topological polar surface area (TPSA) is 74.8 Å². The summed E-state index contributed by atoms with van der Waals surface area (Å²) in [5.41, 5.74) is 0. The fourth-order valence-electron chi connectivity index (χ4n) is 0.754. The van der Waals surface area contributed by atoms with Gasteiger partial charge in [-0.2, -0.15) is 0 Å². The van der Waals surface area contributed by atoms with Crippen LogP contribution in [0.25, 0.3) is 0 Å². The van der Waals surface area contributed by atoms with Crippen LogP contribution in [0, 0.1) is 0 Å². The van der Waals surface area contributed by atoms with Crippen molar-refractivity contribution >= 4 is 9.84 Å². The van der Waals surface area contributed by atoms with Gasteiger partial charge in [0.1, 0.15) is 0 Å². The second-order valence-corrected chi connectivity index (χ2v) is 4.34. The van der Waals surface area contributed by atoms with Crippen molar-refractivity contribution in [2.24, 2.45) is 0 Å². The molecule has 0 amide bonds. The van der Waals surface area contributed by atoms with Gasteiger partial charge in [0.2, 0.25) is 15.0 Å². The average Bonchev–Trinajstić information content (AvgIpc) is 2.53. The maximum Gasteiger partial charge on any atom is 0.225 e. The predicted octanol–water partition coefficient (Wildman–Crippen LogP) is -0.597. The number of imidazole rings is 1. The fraction of sp³-hybridized carbons (Fsp3) is 0.500. The van der Waals surface area contributed by atoms with Gasteiger partial charge in [0.25, 0.3) is 0 Å². The number of nitrogens with zero attached hydrogens (tertiary/aromatic N) is 1. The highest BCUT2D eigenvalue weighted by atomic mass is 32.2. The summed E-state index contributed by atoms with van der Waals surface area (Å²) in [6, 6.07) is 0. The number of rotatable bonds is 4. The van der Waals surface area contributed by atoms with Crippen LogP contribution in [-0.2, 0) is 9.84 Å². The molecule has 0 saturated heterocycles. The molecule has 2 N–H and O–H groups in total. The molecule has 1 rings (SSSR count). The monoisotopic (exact) mass is 189 g/mol. The Morgan fingerprint density at radius 3 is 2.92 bits per heavy atom. The zero-order valence-electron chi connectivity index (χ0n) is 6.74. The molecule has 6 heteroatoms. The molecule has 0 aliphatic heterocycles. The molecule has 0 saturated carbocycles. The molecule has 0 aliphatic carbocycles. The Kier molecular flexibility index (Phi) is 2.83. The molecule has 1 aromatic heterocycles. The van der Waals surface area contributed by atoms with Gasteiger partial charge in [-0.3, -0.25) is 0 Å². The van der Waals surface area contributed by atoms with Crippen LogP contribution in [0.1, 0.15) is 0 Å². The third kappa shape index (κ3) is 2.05. The van der Waals surface area contributed by atoms with Crippen LogP contribution in [0.3, 0.4) is 0 Å². The van der Waals surface area contributed by atoms with E-state index in [1.54, 1.807) is 7.05 Å². The lowest BCUT2D eigenvalue weighted by molar-refractivity contribution is 0.586. The van der Waals surface area contributed by atoms with Crippen molar-refractivity contribution in [1.82, 2.24) is 15.3 Å². The Balaban J connectivity index is 2.74. The fourth-order valence-corrected chi connectivity index (χ4v) is 1.89. The molecule has 0 aliphatic rings. The number of hydrogen-bond acceptors (Lipinski definition) is 4. The zero-order chi connectivity index (χ0) is 9.03. The van der Waals surface area contributed by atoms with E-state index < -0.39 is 9.84 Å². The highest BCUT2D eigenvalue weighted by Crippen LogP contribution is 2.01. The minimum absolute atomic E-state index is 0.0396. The van der Waals surface area contributed by atoms with E-state index in [2.05, 4.69) is 15.3 Å². The molecule has 1 aromatic rings. The smallest absolute Gasteiger partial charge is 0.225 e. The van der Waals surface area contributed by atoms with Crippen molar-refractivity contribution in [1.29, 1.82) is 0 Å². The molecule has 68 valence electrons. The van der Waals surface area contributed by atoms with Gasteiger partial charge in [0.15, 0.2) is 0 Å². The van der Waals surface area contributed by atoms with E-state index in [0.29, 0.717) is 6.54 Å². The summed E-state index contributed by atoms with van der Waals surface area (Å²) in [5.74, 6) is 0.0665. The Bertz CT molecular complexity index is 317. The van der Waals surface area contributed by atoms with Crippen molar-refractivity contribution in [3.8, 4) is 0 Å². The van der Waals surface area contributed by atoms with Gasteiger partial charge in [-0.1, -0.05) is 0 Å². The van der Waals surface area contributed by atoms with E-state index >= 15 is 0 Å². The second-order valence-electron chi connectivity index (χ2n) is 2.32. The first-order chi connectivity index (χ1) is 5.67. The molecule has 12 heavy (non-hydrogen) atoms. The summed E-state index contributed by atoms with van der Waals surface area (Å²) in [4.78, 5) is 6.23. The van der Waals surface area contributed by atoms with E-state index in [-0.39, 0.29) is 10.9 Å². The summed E-state index contributed by atoms with van der Waals surface area (Å²) in [7, 11) is -1.50. The molecule has 0 fully saturated rings. The van der Waals surface area contributed by atoms with Crippen LogP contribution < -0.4 is 5.32 Å². The van der Waals surface area contributed by atoms with Gasteiger partial charge in [0.05, 0.1) is 5.75 Å². The van der Waals surface area contributed by atoms with E-state index in [0.717, 1.165) is 0 Å². The molecule has 0 spiro atoms. The average molecular weight is 189 g/mol. The number of aromatic amines is 1. The first kappa shape index (κ1) is 9.21. The van der Waals surface area contributed by atoms with E-state index in [1.165, 1.54) is 12.4 Å². The minimum atomic E-state index is -3.21. The number of H-pyrrole nitrogens is 1. The standard InChI is InChI=1S/C6H11N3O2S/c1-7-4-5-12(10,11)6-8-2-3-9-6/h2-3,7H,4-5H2,1H3,(H,8,9). The van der Waals surface area contributed by atoms with Gasteiger partial charge in [-0.15, -0.1) is 0 Å². The Labute approximate surface area is 71.1 Å². The molecular formula is C6H11N3O2S. The Morgan fingerprint density at radius 1 is 1.67 bits per heavy atom. The van der Waals surface area contributed by atoms with Gasteiger partial charge in [0, 0.05) is 18.9 Å². The number of aromatic nitrogens is 2. The van der Waals surface area contributed by atoms with Crippen LogP contribution in [-0.4, -0.2) is 37.7 Å². The van der Waals surface area contributed by atoms with E-state index in [1.807, 2.05) is 0 Å². The molecular weight excluding hydrogens is 178 g/mol. The maximum absolute atomic E-state index is 11.3. The lowest BCUT2D eigenvalue weighted by Gasteiger charge is -1.98. The van der Waals surface area contributed by atoms with E-state index in [9.17, 15) is 8.42 Å². The van der Waals surface area contributed by atoms with Crippen LogP contribution in [0.15, 0.2) is 17.6 Å². The highest BCUT2D eigenvalue weighted by Gasteiger charge is 2.15. The number of sulfone groups is 1. The minimum Gasteiger partial charge on any atom is -0.336 e. The van der Waals surface area contributed by atoms with Crippen LogP contribution >= 0.6 is 0 Å². The van der Waals surface area contributed by atoms with Gasteiger partial charge in [-0.05, 0) is 7.05 Å². The SMILES string of the molecule is CNCCS(=O)(=O)c1ncc[nH]1. The molecule has 0 bridgehead atoms. The van der Waals surface area contributed by atoms with Crippen molar-refractivity contribution in [2.75, 3.05) is 19.3 Å². The van der Waals surface area contributed by atoms with Crippen molar-refractivity contribution < 1.29 is 8.42 Å². The summed E-state index contributed by atoms with van der Waals surface area (Å²) >= 11 is 0. The van der Waals surface area contributed by atoms with Crippen molar-refractivity contribution in [3.63, 3.8) is 0 Å². The second kappa shape index (κ2) is 3.68. The normalized spacial score (nSPS) is 11.8. The van der Waals surface area contributed by atoms with Crippen molar-refractivity contribution in [3.05, 3.63) is 12.4 Å². The summed E-state index contributed by atoms with van der Waals surface area (Å²) < 4.78 is 22.6. The third-order valence-electron chi connectivity index (χ3n) is 1.39. The molecule has 0 radical (unpaired) electrons. The third-order valence-corrected chi connectivity index (χ3v) is 2.94. The predicted molar refractivity (Wildman–Crippen MR) is 44.6 cm³/mol. The highest BCUT2D eigenvalue weighted by molar-refractivity contribution is 7.91. The van der Waals surface area contributed by atoms with Gasteiger partial charge >= 0.3 is 0 Å². The molecule has 0 unspecified atom stereocenters. The van der Waals surface area contributed by atoms with Crippen LogP contribution in [0.4, 0.5) is 0 Å². The van der Waals surface area contributed by atoms with Gasteiger partial charge in [-0.25, -0.2) is 13.4 Å². The Morgan fingerprint density at radius 2 is 2.42 bits per heavy atom. The molecule has 1 heterocycles. The van der Waals surface area contributed by atoms with Crippen molar-refractivity contribution in [2.45, 2.75) is 5.16 Å². The lowest BCUT2D eigenvalue weighted by atomic mass is 10.8. The van der Waals surface area contributed by atoms with Crippen LogP contribution in [0.2, 0.25) is 0 Å². The molecule has 0 atom stereocenters. The first-order valence-corrected chi connectivity index (χ1v) is 5.19. The summed E-state index contributed by atoms with van der Waals surface area (Å²) in [5, 5.41) is 2.80.